The van der Waals surface area contributed by atoms with Gasteiger partial charge in [0.25, 0.3) is 0 Å². The highest BCUT2D eigenvalue weighted by Crippen LogP contribution is 2.30. The molecule has 5 heteroatoms. The van der Waals surface area contributed by atoms with E-state index in [0.717, 1.165) is 11.1 Å². The van der Waals surface area contributed by atoms with E-state index in [1.165, 1.54) is 0 Å². The fourth-order valence-corrected chi connectivity index (χ4v) is 3.41. The van der Waals surface area contributed by atoms with Crippen LogP contribution in [0.5, 0.6) is 0 Å². The van der Waals surface area contributed by atoms with Crippen molar-refractivity contribution in [1.29, 1.82) is 0 Å². The van der Waals surface area contributed by atoms with Crippen LogP contribution in [0.25, 0.3) is 0 Å². The topological polar surface area (TPSA) is 68.2 Å². The zero-order chi connectivity index (χ0) is 19.1. The van der Waals surface area contributed by atoms with Gasteiger partial charge in [-0.2, -0.15) is 0 Å². The van der Waals surface area contributed by atoms with Crippen molar-refractivity contribution in [2.45, 2.75) is 57.1 Å². The summed E-state index contributed by atoms with van der Waals surface area (Å²) in [7, 11) is 0. The van der Waals surface area contributed by atoms with E-state index in [0.29, 0.717) is 19.6 Å². The Bertz CT molecular complexity index is 661. The monoisotopic (exact) mass is 372 g/mol. The van der Waals surface area contributed by atoms with Crippen molar-refractivity contribution in [3.63, 3.8) is 0 Å². The van der Waals surface area contributed by atoms with Crippen LogP contribution >= 0.6 is 0 Å². The molecule has 0 spiro atoms. The molecule has 0 amide bonds. The zero-order valence-electron chi connectivity index (χ0n) is 15.6. The lowest BCUT2D eigenvalue weighted by Crippen LogP contribution is -2.39. The number of benzene rings is 2. The first-order valence-electron chi connectivity index (χ1n) is 9.43. The third-order valence-electron chi connectivity index (χ3n) is 4.73. The molecule has 146 valence electrons. The Morgan fingerprint density at radius 1 is 0.852 bits per heavy atom. The van der Waals surface area contributed by atoms with Crippen molar-refractivity contribution >= 4 is 0 Å². The number of aliphatic hydroxyl groups excluding tert-OH is 2. The predicted octanol–water partition coefficient (Wildman–Crippen LogP) is 2.69. The van der Waals surface area contributed by atoms with Crippen LogP contribution in [0.15, 0.2) is 60.7 Å². The van der Waals surface area contributed by atoms with E-state index >= 15 is 0 Å². The largest absolute Gasteiger partial charge is 0.394 e. The van der Waals surface area contributed by atoms with Gasteiger partial charge in [0.1, 0.15) is 18.3 Å². The summed E-state index contributed by atoms with van der Waals surface area (Å²) in [6.07, 6.45) is -1.65. The molecule has 0 bridgehead atoms. The first-order valence-corrected chi connectivity index (χ1v) is 9.43. The van der Waals surface area contributed by atoms with Gasteiger partial charge in [0, 0.05) is 6.42 Å². The van der Waals surface area contributed by atoms with E-state index < -0.39 is 18.3 Å². The molecule has 2 aromatic carbocycles. The number of aliphatic hydroxyl groups is 2. The highest BCUT2D eigenvalue weighted by atomic mass is 16.6. The van der Waals surface area contributed by atoms with Crippen LogP contribution in [-0.4, -0.2) is 47.3 Å². The van der Waals surface area contributed by atoms with E-state index in [2.05, 4.69) is 0 Å². The first kappa shape index (κ1) is 20.0. The molecule has 1 aliphatic heterocycles. The molecular formula is C22H28O5. The molecule has 2 aromatic rings. The van der Waals surface area contributed by atoms with E-state index in [4.69, 9.17) is 14.2 Å². The van der Waals surface area contributed by atoms with Gasteiger partial charge in [0.2, 0.25) is 0 Å². The number of hydrogen-bond donors (Lipinski definition) is 2. The van der Waals surface area contributed by atoms with Crippen LogP contribution in [0.2, 0.25) is 0 Å². The number of rotatable bonds is 9. The second-order valence-corrected chi connectivity index (χ2v) is 7.00. The van der Waals surface area contributed by atoms with Crippen LogP contribution in [0.4, 0.5) is 0 Å². The maximum absolute atomic E-state index is 9.83. The number of hydrogen-bond acceptors (Lipinski definition) is 5. The quantitative estimate of drug-likeness (QED) is 0.708. The van der Waals surface area contributed by atoms with Crippen molar-refractivity contribution < 1.29 is 24.4 Å². The van der Waals surface area contributed by atoms with E-state index in [1.54, 1.807) is 6.92 Å². The lowest BCUT2D eigenvalue weighted by atomic mass is 10.0. The highest BCUT2D eigenvalue weighted by Gasteiger charge is 2.46. The van der Waals surface area contributed by atoms with Gasteiger partial charge >= 0.3 is 0 Å². The van der Waals surface area contributed by atoms with Crippen molar-refractivity contribution in [3.05, 3.63) is 71.8 Å². The van der Waals surface area contributed by atoms with Crippen LogP contribution < -0.4 is 0 Å². The molecule has 2 N–H and O–H groups in total. The molecule has 1 aliphatic rings. The molecule has 5 atom stereocenters. The Hall–Kier alpha value is -1.76. The van der Waals surface area contributed by atoms with Gasteiger partial charge in [0.05, 0.1) is 32.0 Å². The Morgan fingerprint density at radius 2 is 1.33 bits per heavy atom. The second-order valence-electron chi connectivity index (χ2n) is 7.00. The van der Waals surface area contributed by atoms with Gasteiger partial charge in [-0.25, -0.2) is 0 Å². The minimum absolute atomic E-state index is 0.152. The summed E-state index contributed by atoms with van der Waals surface area (Å²) in [5.74, 6) is 0. The SMILES string of the molecule is CC(O)CC1O[C@@H](CO)[C@H](OCc2ccccc2)[C@H]1OCc1ccccc1. The molecular weight excluding hydrogens is 344 g/mol. The normalized spacial score (nSPS) is 26.2. The average Bonchev–Trinajstić information content (AvgIpc) is 3.02. The first-order chi connectivity index (χ1) is 13.2. The molecule has 2 unspecified atom stereocenters. The van der Waals surface area contributed by atoms with Gasteiger partial charge in [-0.15, -0.1) is 0 Å². The molecule has 5 nitrogen and oxygen atoms in total. The lowest BCUT2D eigenvalue weighted by molar-refractivity contribution is -0.0848. The van der Waals surface area contributed by atoms with Gasteiger partial charge in [-0.05, 0) is 18.1 Å². The Kier molecular flexibility index (Phi) is 7.38. The van der Waals surface area contributed by atoms with Crippen LogP contribution in [-0.2, 0) is 27.4 Å². The maximum atomic E-state index is 9.83. The minimum Gasteiger partial charge on any atom is -0.394 e. The van der Waals surface area contributed by atoms with Crippen molar-refractivity contribution in [2.75, 3.05) is 6.61 Å². The fraction of sp³-hybridized carbons (Fsp3) is 0.455. The second kappa shape index (κ2) is 9.97. The molecule has 1 heterocycles. The zero-order valence-corrected chi connectivity index (χ0v) is 15.6. The van der Waals surface area contributed by atoms with Crippen LogP contribution in [0.3, 0.4) is 0 Å². The third kappa shape index (κ3) is 5.61. The molecule has 1 fully saturated rings. The summed E-state index contributed by atoms with van der Waals surface area (Å²) in [5.41, 5.74) is 2.11. The standard InChI is InChI=1S/C22H28O5/c1-16(24)12-19-21(25-14-17-8-4-2-5-9-17)22(20(13-23)27-19)26-15-18-10-6-3-7-11-18/h2-11,16,19-24H,12-15H2,1H3/t16?,19?,20-,21-,22-/m0/s1. The molecule has 0 radical (unpaired) electrons. The summed E-state index contributed by atoms with van der Waals surface area (Å²) in [6, 6.07) is 19.8. The summed E-state index contributed by atoms with van der Waals surface area (Å²) in [5, 5.41) is 19.6. The molecule has 0 aromatic heterocycles. The molecule has 3 rings (SSSR count). The lowest BCUT2D eigenvalue weighted by Gasteiger charge is -2.25. The van der Waals surface area contributed by atoms with Gasteiger partial charge < -0.3 is 24.4 Å². The molecule has 0 saturated carbocycles. The summed E-state index contributed by atoms with van der Waals surface area (Å²) in [4.78, 5) is 0. The van der Waals surface area contributed by atoms with Crippen LogP contribution in [0.1, 0.15) is 24.5 Å². The van der Waals surface area contributed by atoms with Crippen LogP contribution in [0, 0.1) is 0 Å². The summed E-state index contributed by atoms with van der Waals surface area (Å²) >= 11 is 0. The van der Waals surface area contributed by atoms with Crippen molar-refractivity contribution in [1.82, 2.24) is 0 Å². The minimum atomic E-state index is -0.523. The summed E-state index contributed by atoms with van der Waals surface area (Å²) in [6.45, 7) is 2.41. The molecule has 27 heavy (non-hydrogen) atoms. The van der Waals surface area contributed by atoms with E-state index in [-0.39, 0.29) is 18.8 Å². The van der Waals surface area contributed by atoms with Gasteiger partial charge in [-0.3, -0.25) is 0 Å². The molecule has 1 saturated heterocycles. The predicted molar refractivity (Wildman–Crippen MR) is 102 cm³/mol. The maximum Gasteiger partial charge on any atom is 0.115 e. The van der Waals surface area contributed by atoms with Gasteiger partial charge in [-0.1, -0.05) is 60.7 Å². The van der Waals surface area contributed by atoms with Crippen molar-refractivity contribution in [2.24, 2.45) is 0 Å². The average molecular weight is 372 g/mol. The Morgan fingerprint density at radius 3 is 1.78 bits per heavy atom. The van der Waals surface area contributed by atoms with Gasteiger partial charge in [0.15, 0.2) is 0 Å². The molecule has 0 aliphatic carbocycles. The van der Waals surface area contributed by atoms with E-state index in [9.17, 15) is 10.2 Å². The Balaban J connectivity index is 1.70. The fourth-order valence-electron chi connectivity index (χ4n) is 3.41. The third-order valence-corrected chi connectivity index (χ3v) is 4.73. The van der Waals surface area contributed by atoms with Crippen molar-refractivity contribution in [3.8, 4) is 0 Å². The Labute approximate surface area is 160 Å². The number of ether oxygens (including phenoxy) is 3. The van der Waals surface area contributed by atoms with E-state index in [1.807, 2.05) is 60.7 Å². The smallest absolute Gasteiger partial charge is 0.115 e. The summed E-state index contributed by atoms with van der Waals surface area (Å²) < 4.78 is 18.2. The highest BCUT2D eigenvalue weighted by molar-refractivity contribution is 5.14.